The fourth-order valence-electron chi connectivity index (χ4n) is 1.73. The molecule has 2 aromatic carbocycles. The molecule has 2 atom stereocenters. The van der Waals surface area contributed by atoms with Crippen molar-refractivity contribution in [3.05, 3.63) is 66.2 Å². The molecule has 104 valence electrons. The van der Waals surface area contributed by atoms with E-state index in [9.17, 15) is 9.00 Å². The second-order valence-corrected chi connectivity index (χ2v) is 5.56. The number of nitrogens with one attached hydrogen (secondary N) is 1. The van der Waals surface area contributed by atoms with Crippen molar-refractivity contribution < 1.29 is 9.00 Å². The van der Waals surface area contributed by atoms with Crippen LogP contribution in [-0.4, -0.2) is 16.2 Å². The molecule has 0 fully saturated rings. The molecule has 3 N–H and O–H groups in total. The number of hydrogen-bond acceptors (Lipinski definition) is 3. The molecule has 0 saturated heterocycles. The third kappa shape index (κ3) is 4.01. The third-order valence-electron chi connectivity index (χ3n) is 2.79. The van der Waals surface area contributed by atoms with Gasteiger partial charge in [-0.05, 0) is 24.1 Å². The van der Waals surface area contributed by atoms with E-state index in [-0.39, 0.29) is 0 Å². The molecule has 20 heavy (non-hydrogen) atoms. The molecule has 0 aliphatic carbocycles. The Bertz CT molecular complexity index is 587. The predicted molar refractivity (Wildman–Crippen MR) is 79.1 cm³/mol. The Kier molecular flexibility index (Phi) is 5.03. The van der Waals surface area contributed by atoms with Crippen LogP contribution in [0.5, 0.6) is 0 Å². The summed E-state index contributed by atoms with van der Waals surface area (Å²) in [6.07, 6.45) is 0.415. The van der Waals surface area contributed by atoms with Gasteiger partial charge in [0.2, 0.25) is 5.91 Å². The van der Waals surface area contributed by atoms with E-state index in [1.165, 1.54) is 0 Å². The van der Waals surface area contributed by atoms with Crippen LogP contribution in [-0.2, 0) is 22.2 Å². The minimum absolute atomic E-state index is 0.415. The molecule has 5 heteroatoms. The van der Waals surface area contributed by atoms with Crippen LogP contribution in [0.2, 0.25) is 0 Å². The number of amides is 1. The molecule has 0 spiro atoms. The van der Waals surface area contributed by atoms with Crippen LogP contribution in [0.1, 0.15) is 5.56 Å². The summed E-state index contributed by atoms with van der Waals surface area (Å²) in [5.41, 5.74) is 6.80. The third-order valence-corrected chi connectivity index (χ3v) is 3.87. The molecule has 0 radical (unpaired) electrons. The van der Waals surface area contributed by atoms with Gasteiger partial charge in [0.05, 0.1) is 10.9 Å². The lowest BCUT2D eigenvalue weighted by molar-refractivity contribution is -0.120. The smallest absolute Gasteiger partial charge is 0.249 e. The average Bonchev–Trinajstić information content (AvgIpc) is 2.49. The van der Waals surface area contributed by atoms with E-state index in [1.54, 1.807) is 24.3 Å². The summed E-state index contributed by atoms with van der Waals surface area (Å²) < 4.78 is 14.4. The molecular weight excluding hydrogens is 272 g/mol. The predicted octanol–water partition coefficient (Wildman–Crippen LogP) is 1.40. The lowest BCUT2D eigenvalue weighted by Crippen LogP contribution is -2.42. The first-order valence-corrected chi connectivity index (χ1v) is 7.38. The van der Waals surface area contributed by atoms with Gasteiger partial charge in [-0.2, -0.15) is 0 Å². The molecule has 4 nitrogen and oxygen atoms in total. The highest BCUT2D eigenvalue weighted by Crippen LogP contribution is 2.05. The molecule has 2 aromatic rings. The minimum atomic E-state index is -1.57. The van der Waals surface area contributed by atoms with Gasteiger partial charge in [0.25, 0.3) is 0 Å². The van der Waals surface area contributed by atoms with Crippen molar-refractivity contribution in [3.8, 4) is 0 Å². The van der Waals surface area contributed by atoms with Gasteiger partial charge in [-0.15, -0.1) is 0 Å². The zero-order valence-electron chi connectivity index (χ0n) is 10.9. The number of nitrogens with two attached hydrogens (primary N) is 1. The summed E-state index contributed by atoms with van der Waals surface area (Å²) in [5.74, 6) is -0.420. The summed E-state index contributed by atoms with van der Waals surface area (Å²) in [6.45, 7) is 0. The van der Waals surface area contributed by atoms with Crippen molar-refractivity contribution in [2.45, 2.75) is 17.4 Å². The van der Waals surface area contributed by atoms with Crippen molar-refractivity contribution in [3.63, 3.8) is 0 Å². The maximum absolute atomic E-state index is 11.9. The summed E-state index contributed by atoms with van der Waals surface area (Å²) in [5, 5.41) is 0. The Morgan fingerprint density at radius 1 is 1.05 bits per heavy atom. The molecule has 0 saturated carbocycles. The quantitative estimate of drug-likeness (QED) is 0.873. The highest BCUT2D eigenvalue weighted by molar-refractivity contribution is 7.83. The van der Waals surface area contributed by atoms with Crippen molar-refractivity contribution in [1.82, 2.24) is 4.72 Å². The van der Waals surface area contributed by atoms with Crippen molar-refractivity contribution in [2.24, 2.45) is 5.73 Å². The van der Waals surface area contributed by atoms with E-state index in [2.05, 4.69) is 4.72 Å². The van der Waals surface area contributed by atoms with Gasteiger partial charge in [0.1, 0.15) is 0 Å². The van der Waals surface area contributed by atoms with E-state index in [4.69, 9.17) is 5.73 Å². The zero-order chi connectivity index (χ0) is 14.4. The fourth-order valence-corrected chi connectivity index (χ4v) is 2.59. The summed E-state index contributed by atoms with van der Waals surface area (Å²) in [4.78, 5) is 12.5. The van der Waals surface area contributed by atoms with Gasteiger partial charge in [0.15, 0.2) is 11.0 Å². The first-order chi connectivity index (χ1) is 9.66. The SMILES string of the molecule is NC(Cc1ccccc1)C(=O)NS(=O)c1ccccc1. The topological polar surface area (TPSA) is 72.2 Å². The van der Waals surface area contributed by atoms with E-state index >= 15 is 0 Å². The van der Waals surface area contributed by atoms with Gasteiger partial charge in [-0.3, -0.25) is 9.52 Å². The van der Waals surface area contributed by atoms with Gasteiger partial charge in [0, 0.05) is 0 Å². The zero-order valence-corrected chi connectivity index (χ0v) is 11.7. The lowest BCUT2D eigenvalue weighted by atomic mass is 10.1. The first kappa shape index (κ1) is 14.4. The molecule has 0 aliphatic heterocycles. The summed E-state index contributed by atoms with van der Waals surface area (Å²) >= 11 is 0. The van der Waals surface area contributed by atoms with Crippen molar-refractivity contribution >= 4 is 16.9 Å². The highest BCUT2D eigenvalue weighted by atomic mass is 32.2. The second kappa shape index (κ2) is 6.98. The van der Waals surface area contributed by atoms with Crippen LogP contribution < -0.4 is 10.5 Å². The van der Waals surface area contributed by atoms with Gasteiger partial charge < -0.3 is 5.73 Å². The van der Waals surface area contributed by atoms with Crippen LogP contribution in [0.25, 0.3) is 0 Å². The molecular formula is C15H16N2O2S. The van der Waals surface area contributed by atoms with Gasteiger partial charge >= 0.3 is 0 Å². The van der Waals surface area contributed by atoms with Crippen LogP contribution >= 0.6 is 0 Å². The number of carbonyl (C=O) groups excluding carboxylic acids is 1. The Labute approximate surface area is 120 Å². The van der Waals surface area contributed by atoms with E-state index in [0.29, 0.717) is 11.3 Å². The van der Waals surface area contributed by atoms with E-state index in [1.807, 2.05) is 36.4 Å². The van der Waals surface area contributed by atoms with Crippen molar-refractivity contribution in [1.29, 1.82) is 0 Å². The Hall–Kier alpha value is -1.98. The Morgan fingerprint density at radius 3 is 2.20 bits per heavy atom. The molecule has 0 bridgehead atoms. The molecule has 1 amide bonds. The van der Waals surface area contributed by atoms with Crippen molar-refractivity contribution in [2.75, 3.05) is 0 Å². The summed E-state index contributed by atoms with van der Waals surface area (Å²) in [6, 6.07) is 17.5. The lowest BCUT2D eigenvalue weighted by Gasteiger charge is -2.11. The largest absolute Gasteiger partial charge is 0.320 e. The Morgan fingerprint density at radius 2 is 1.60 bits per heavy atom. The summed E-state index contributed by atoms with van der Waals surface area (Å²) in [7, 11) is -1.57. The average molecular weight is 288 g/mol. The maximum Gasteiger partial charge on any atom is 0.249 e. The van der Waals surface area contributed by atoms with E-state index in [0.717, 1.165) is 5.56 Å². The molecule has 0 aromatic heterocycles. The van der Waals surface area contributed by atoms with Crippen LogP contribution in [0.4, 0.5) is 0 Å². The highest BCUT2D eigenvalue weighted by Gasteiger charge is 2.16. The molecule has 0 aliphatic rings. The van der Waals surface area contributed by atoms with Crippen LogP contribution in [0, 0.1) is 0 Å². The molecule has 2 rings (SSSR count). The van der Waals surface area contributed by atoms with Gasteiger partial charge in [-0.25, -0.2) is 4.21 Å². The van der Waals surface area contributed by atoms with Crippen LogP contribution in [0.15, 0.2) is 65.6 Å². The number of carbonyl (C=O) groups is 1. The normalized spacial score (nSPS) is 13.4. The first-order valence-electron chi connectivity index (χ1n) is 6.23. The van der Waals surface area contributed by atoms with Gasteiger partial charge in [-0.1, -0.05) is 48.5 Å². The second-order valence-electron chi connectivity index (χ2n) is 4.34. The molecule has 2 unspecified atom stereocenters. The van der Waals surface area contributed by atoms with E-state index < -0.39 is 22.9 Å². The number of rotatable bonds is 5. The minimum Gasteiger partial charge on any atom is -0.320 e. The molecule has 0 heterocycles. The monoisotopic (exact) mass is 288 g/mol. The maximum atomic E-state index is 11.9. The Balaban J connectivity index is 1.93. The fraction of sp³-hybridized carbons (Fsp3) is 0.133. The number of hydrogen-bond donors (Lipinski definition) is 2. The van der Waals surface area contributed by atoms with Crippen LogP contribution in [0.3, 0.4) is 0 Å². The number of benzene rings is 2. The standard InChI is InChI=1S/C15H16N2O2S/c16-14(11-12-7-3-1-4-8-12)15(18)17-20(19)13-9-5-2-6-10-13/h1-10,14H,11,16H2,(H,17,18).